The van der Waals surface area contributed by atoms with Gasteiger partial charge >= 0.3 is 0 Å². The molecule has 4 nitrogen and oxygen atoms in total. The van der Waals surface area contributed by atoms with E-state index in [0.717, 1.165) is 5.56 Å². The molecule has 21 heavy (non-hydrogen) atoms. The second-order valence-corrected chi connectivity index (χ2v) is 5.43. The van der Waals surface area contributed by atoms with Crippen LogP contribution in [0, 0.1) is 30.9 Å². The SMILES string of the molecule is Cc1cc(C)c(C(C)Nc2ccccc2[N+](=O)[O-])cc1C. The van der Waals surface area contributed by atoms with Gasteiger partial charge in [-0.15, -0.1) is 0 Å². The van der Waals surface area contributed by atoms with Crippen LogP contribution in [0.1, 0.15) is 35.2 Å². The molecule has 0 radical (unpaired) electrons. The van der Waals surface area contributed by atoms with Crippen molar-refractivity contribution in [2.24, 2.45) is 0 Å². The number of para-hydroxylation sites is 2. The maximum Gasteiger partial charge on any atom is 0.292 e. The van der Waals surface area contributed by atoms with Crippen LogP contribution in [0.5, 0.6) is 0 Å². The van der Waals surface area contributed by atoms with Gasteiger partial charge in [-0.2, -0.15) is 0 Å². The minimum absolute atomic E-state index is 0.00500. The van der Waals surface area contributed by atoms with Crippen LogP contribution >= 0.6 is 0 Å². The number of rotatable bonds is 4. The quantitative estimate of drug-likeness (QED) is 0.654. The van der Waals surface area contributed by atoms with Crippen molar-refractivity contribution in [1.82, 2.24) is 0 Å². The molecule has 0 heterocycles. The maximum atomic E-state index is 11.1. The van der Waals surface area contributed by atoms with Crippen LogP contribution in [-0.2, 0) is 0 Å². The Kier molecular flexibility index (Phi) is 4.26. The monoisotopic (exact) mass is 284 g/mol. The number of hydrogen-bond acceptors (Lipinski definition) is 3. The fourth-order valence-electron chi connectivity index (χ4n) is 2.52. The van der Waals surface area contributed by atoms with Gasteiger partial charge in [0.15, 0.2) is 0 Å². The number of nitro benzene ring substituents is 1. The molecule has 1 atom stereocenters. The Morgan fingerprint density at radius 1 is 1.05 bits per heavy atom. The highest BCUT2D eigenvalue weighted by Gasteiger charge is 2.16. The maximum absolute atomic E-state index is 11.1. The van der Waals surface area contributed by atoms with Crippen LogP contribution in [0.2, 0.25) is 0 Å². The number of hydrogen-bond donors (Lipinski definition) is 1. The highest BCUT2D eigenvalue weighted by Crippen LogP contribution is 2.29. The van der Waals surface area contributed by atoms with Crippen molar-refractivity contribution in [2.45, 2.75) is 33.7 Å². The van der Waals surface area contributed by atoms with E-state index in [1.807, 2.05) is 6.92 Å². The molecule has 2 aromatic rings. The van der Waals surface area contributed by atoms with E-state index < -0.39 is 0 Å². The molecule has 0 aliphatic rings. The lowest BCUT2D eigenvalue weighted by Crippen LogP contribution is -2.10. The number of nitro groups is 1. The van der Waals surface area contributed by atoms with E-state index in [4.69, 9.17) is 0 Å². The minimum atomic E-state index is -0.359. The zero-order chi connectivity index (χ0) is 15.6. The predicted molar refractivity (Wildman–Crippen MR) is 85.8 cm³/mol. The molecule has 0 aliphatic carbocycles. The number of anilines is 1. The van der Waals surface area contributed by atoms with E-state index in [9.17, 15) is 10.1 Å². The number of nitrogens with one attached hydrogen (secondary N) is 1. The average Bonchev–Trinajstić information content (AvgIpc) is 2.43. The Balaban J connectivity index is 2.33. The standard InChI is InChI=1S/C17H20N2O2/c1-11-9-13(3)15(10-12(11)2)14(4)18-16-7-5-6-8-17(16)19(20)21/h5-10,14,18H,1-4H3. The third-order valence-corrected chi connectivity index (χ3v) is 3.82. The molecule has 0 saturated heterocycles. The molecular weight excluding hydrogens is 264 g/mol. The summed E-state index contributed by atoms with van der Waals surface area (Å²) < 4.78 is 0. The molecule has 0 saturated carbocycles. The number of benzene rings is 2. The summed E-state index contributed by atoms with van der Waals surface area (Å²) in [6.07, 6.45) is 0. The summed E-state index contributed by atoms with van der Waals surface area (Å²) in [6, 6.07) is 11.0. The lowest BCUT2D eigenvalue weighted by Gasteiger charge is -2.19. The zero-order valence-electron chi connectivity index (χ0n) is 12.8. The normalized spacial score (nSPS) is 12.0. The molecule has 0 spiro atoms. The summed E-state index contributed by atoms with van der Waals surface area (Å²) in [4.78, 5) is 10.7. The smallest absolute Gasteiger partial charge is 0.292 e. The fraction of sp³-hybridized carbons (Fsp3) is 0.294. The van der Waals surface area contributed by atoms with Crippen LogP contribution in [0.25, 0.3) is 0 Å². The number of aryl methyl sites for hydroxylation is 3. The molecule has 110 valence electrons. The van der Waals surface area contributed by atoms with Gasteiger partial charge in [0.05, 0.1) is 4.92 Å². The van der Waals surface area contributed by atoms with Gasteiger partial charge < -0.3 is 5.32 Å². The van der Waals surface area contributed by atoms with E-state index in [0.29, 0.717) is 5.69 Å². The largest absolute Gasteiger partial charge is 0.373 e. The minimum Gasteiger partial charge on any atom is -0.373 e. The lowest BCUT2D eigenvalue weighted by molar-refractivity contribution is -0.384. The van der Waals surface area contributed by atoms with Gasteiger partial charge in [0.25, 0.3) is 5.69 Å². The van der Waals surface area contributed by atoms with E-state index in [2.05, 4.69) is 38.2 Å². The molecule has 2 aromatic carbocycles. The summed E-state index contributed by atoms with van der Waals surface area (Å²) >= 11 is 0. The van der Waals surface area contributed by atoms with Crippen LogP contribution in [-0.4, -0.2) is 4.92 Å². The third-order valence-electron chi connectivity index (χ3n) is 3.82. The molecule has 1 unspecified atom stereocenters. The first kappa shape index (κ1) is 15.0. The second-order valence-electron chi connectivity index (χ2n) is 5.43. The zero-order valence-corrected chi connectivity index (χ0v) is 12.8. The van der Waals surface area contributed by atoms with Crippen molar-refractivity contribution in [2.75, 3.05) is 5.32 Å². The van der Waals surface area contributed by atoms with Gasteiger partial charge in [-0.25, -0.2) is 0 Å². The Morgan fingerprint density at radius 3 is 2.33 bits per heavy atom. The summed E-state index contributed by atoms with van der Waals surface area (Å²) in [5.41, 5.74) is 5.49. The van der Waals surface area contributed by atoms with E-state index in [-0.39, 0.29) is 16.7 Å². The van der Waals surface area contributed by atoms with Gasteiger partial charge in [0, 0.05) is 12.1 Å². The molecule has 1 N–H and O–H groups in total. The summed E-state index contributed by atoms with van der Waals surface area (Å²) in [5.74, 6) is 0. The lowest BCUT2D eigenvalue weighted by atomic mass is 9.96. The third kappa shape index (κ3) is 3.21. The first-order valence-corrected chi connectivity index (χ1v) is 6.98. The molecule has 2 rings (SSSR count). The Labute approximate surface area is 125 Å². The van der Waals surface area contributed by atoms with Gasteiger partial charge in [-0.3, -0.25) is 10.1 Å². The molecule has 0 amide bonds. The first-order chi connectivity index (χ1) is 9.90. The molecule has 0 aliphatic heterocycles. The summed E-state index contributed by atoms with van der Waals surface area (Å²) in [5, 5.41) is 14.3. The Morgan fingerprint density at radius 2 is 1.67 bits per heavy atom. The van der Waals surface area contributed by atoms with Gasteiger partial charge in [0.1, 0.15) is 5.69 Å². The van der Waals surface area contributed by atoms with Crippen LogP contribution < -0.4 is 5.32 Å². The van der Waals surface area contributed by atoms with Gasteiger partial charge in [-0.05, 0) is 56.0 Å². The van der Waals surface area contributed by atoms with Crippen LogP contribution in [0.15, 0.2) is 36.4 Å². The Hall–Kier alpha value is -2.36. The van der Waals surface area contributed by atoms with Crippen molar-refractivity contribution in [3.8, 4) is 0 Å². The second kappa shape index (κ2) is 5.95. The molecule has 0 bridgehead atoms. The van der Waals surface area contributed by atoms with Gasteiger partial charge in [0.2, 0.25) is 0 Å². The first-order valence-electron chi connectivity index (χ1n) is 6.98. The van der Waals surface area contributed by atoms with Crippen molar-refractivity contribution >= 4 is 11.4 Å². The van der Waals surface area contributed by atoms with E-state index >= 15 is 0 Å². The molecular formula is C17H20N2O2. The number of nitrogens with zero attached hydrogens (tertiary/aromatic N) is 1. The van der Waals surface area contributed by atoms with Crippen molar-refractivity contribution in [3.63, 3.8) is 0 Å². The Bertz CT molecular complexity index is 680. The fourth-order valence-corrected chi connectivity index (χ4v) is 2.52. The van der Waals surface area contributed by atoms with Crippen LogP contribution in [0.3, 0.4) is 0 Å². The summed E-state index contributed by atoms with van der Waals surface area (Å²) in [6.45, 7) is 8.26. The average molecular weight is 284 g/mol. The van der Waals surface area contributed by atoms with Gasteiger partial charge in [-0.1, -0.05) is 24.3 Å². The topological polar surface area (TPSA) is 55.2 Å². The molecule has 4 heteroatoms. The predicted octanol–water partition coefficient (Wildman–Crippen LogP) is 4.69. The van der Waals surface area contributed by atoms with Crippen molar-refractivity contribution < 1.29 is 4.92 Å². The molecule has 0 aromatic heterocycles. The highest BCUT2D eigenvalue weighted by atomic mass is 16.6. The van der Waals surface area contributed by atoms with E-state index in [1.54, 1.807) is 18.2 Å². The summed E-state index contributed by atoms with van der Waals surface area (Å²) in [7, 11) is 0. The highest BCUT2D eigenvalue weighted by molar-refractivity contribution is 5.62. The van der Waals surface area contributed by atoms with E-state index in [1.165, 1.54) is 22.8 Å². The molecule has 0 fully saturated rings. The van der Waals surface area contributed by atoms with Crippen LogP contribution in [0.4, 0.5) is 11.4 Å². The van der Waals surface area contributed by atoms with Crippen molar-refractivity contribution in [1.29, 1.82) is 0 Å². The van der Waals surface area contributed by atoms with Crippen molar-refractivity contribution in [3.05, 3.63) is 68.8 Å².